The lowest BCUT2D eigenvalue weighted by Crippen LogP contribution is -2.32. The molecule has 0 spiro atoms. The van der Waals surface area contributed by atoms with E-state index in [1.54, 1.807) is 6.21 Å². The van der Waals surface area contributed by atoms with Gasteiger partial charge in [-0.1, -0.05) is 12.5 Å². The van der Waals surface area contributed by atoms with Crippen LogP contribution in [0.2, 0.25) is 0 Å². The van der Waals surface area contributed by atoms with Crippen LogP contribution < -0.4 is 16.8 Å². The van der Waals surface area contributed by atoms with Crippen molar-refractivity contribution in [2.24, 2.45) is 16.5 Å². The molecule has 102 valence electrons. The Hall–Kier alpha value is -1.46. The lowest BCUT2D eigenvalue weighted by molar-refractivity contribution is -0.106. The fourth-order valence-corrected chi connectivity index (χ4v) is 1.38. The van der Waals surface area contributed by atoms with E-state index in [1.807, 2.05) is 26.8 Å². The maximum Gasteiger partial charge on any atom is 0.141 e. The van der Waals surface area contributed by atoms with E-state index in [1.165, 1.54) is 0 Å². The number of nitrogens with zero attached hydrogens (tertiary/aromatic N) is 1. The fourth-order valence-electron chi connectivity index (χ4n) is 1.38. The molecule has 0 saturated heterocycles. The molecule has 0 amide bonds. The Morgan fingerprint density at radius 1 is 1.50 bits per heavy atom. The lowest BCUT2D eigenvalue weighted by atomic mass is 10.1. The Morgan fingerprint density at radius 2 is 2.17 bits per heavy atom. The molecule has 0 aliphatic rings. The van der Waals surface area contributed by atoms with Crippen LogP contribution in [0.5, 0.6) is 0 Å². The van der Waals surface area contributed by atoms with Crippen molar-refractivity contribution in [3.63, 3.8) is 0 Å². The van der Waals surface area contributed by atoms with Crippen molar-refractivity contribution in [3.8, 4) is 0 Å². The van der Waals surface area contributed by atoms with Crippen LogP contribution in [0.25, 0.3) is 0 Å². The van der Waals surface area contributed by atoms with Crippen LogP contribution in [0.3, 0.4) is 0 Å². The zero-order chi connectivity index (χ0) is 14.0. The van der Waals surface area contributed by atoms with Crippen molar-refractivity contribution >= 4 is 12.5 Å². The SMILES string of the molecule is CCC(C=NCC=O)=C(N)/C=C(/C)C(C)NCN. The van der Waals surface area contributed by atoms with Gasteiger partial charge in [0, 0.05) is 24.6 Å². The average molecular weight is 252 g/mol. The summed E-state index contributed by atoms with van der Waals surface area (Å²) in [6.45, 7) is 6.62. The van der Waals surface area contributed by atoms with Crippen molar-refractivity contribution in [2.45, 2.75) is 33.2 Å². The third-order valence-electron chi connectivity index (χ3n) is 2.67. The molecule has 0 radical (unpaired) electrons. The molecule has 1 unspecified atom stereocenters. The molecule has 0 aromatic rings. The first-order valence-corrected chi connectivity index (χ1v) is 6.10. The van der Waals surface area contributed by atoms with E-state index >= 15 is 0 Å². The second-order valence-corrected chi connectivity index (χ2v) is 4.01. The predicted molar refractivity (Wildman–Crippen MR) is 76.3 cm³/mol. The number of aliphatic imine (C=N–C) groups is 1. The van der Waals surface area contributed by atoms with Crippen molar-refractivity contribution in [1.29, 1.82) is 0 Å². The molecule has 0 aromatic heterocycles. The normalized spacial score (nSPS) is 15.7. The Kier molecular flexibility index (Phi) is 8.78. The number of carbonyl (C=O) groups is 1. The van der Waals surface area contributed by atoms with Gasteiger partial charge >= 0.3 is 0 Å². The van der Waals surface area contributed by atoms with Crippen molar-refractivity contribution in [1.82, 2.24) is 5.32 Å². The smallest absolute Gasteiger partial charge is 0.141 e. The molecule has 5 nitrogen and oxygen atoms in total. The van der Waals surface area contributed by atoms with Crippen LogP contribution in [0.15, 0.2) is 27.9 Å². The third kappa shape index (κ3) is 6.32. The van der Waals surface area contributed by atoms with Gasteiger partial charge in [-0.2, -0.15) is 0 Å². The van der Waals surface area contributed by atoms with Crippen molar-refractivity contribution in [2.75, 3.05) is 13.2 Å². The van der Waals surface area contributed by atoms with Crippen LogP contribution in [-0.4, -0.2) is 31.8 Å². The predicted octanol–water partition coefficient (Wildman–Crippen LogP) is 0.720. The van der Waals surface area contributed by atoms with E-state index in [0.29, 0.717) is 12.4 Å². The van der Waals surface area contributed by atoms with E-state index in [0.717, 1.165) is 23.9 Å². The number of carbonyl (C=O) groups excluding carboxylic acids is 1. The topological polar surface area (TPSA) is 93.5 Å². The number of nitrogens with one attached hydrogen (secondary N) is 1. The van der Waals surface area contributed by atoms with Gasteiger partial charge in [0.1, 0.15) is 6.29 Å². The molecule has 0 fully saturated rings. The van der Waals surface area contributed by atoms with Crippen LogP contribution >= 0.6 is 0 Å². The summed E-state index contributed by atoms with van der Waals surface area (Å²) in [4.78, 5) is 14.2. The summed E-state index contributed by atoms with van der Waals surface area (Å²) in [5.41, 5.74) is 14.1. The third-order valence-corrected chi connectivity index (χ3v) is 2.67. The Labute approximate surface area is 109 Å². The van der Waals surface area contributed by atoms with E-state index < -0.39 is 0 Å². The Morgan fingerprint density at radius 3 is 2.67 bits per heavy atom. The monoisotopic (exact) mass is 252 g/mol. The molecule has 0 aliphatic carbocycles. The Balaban J connectivity index is 4.88. The first-order valence-electron chi connectivity index (χ1n) is 6.10. The second kappa shape index (κ2) is 9.56. The van der Waals surface area contributed by atoms with Gasteiger partial charge in [-0.15, -0.1) is 0 Å². The molecule has 18 heavy (non-hydrogen) atoms. The average Bonchev–Trinajstić information content (AvgIpc) is 2.34. The van der Waals surface area contributed by atoms with E-state index in [-0.39, 0.29) is 12.6 Å². The quantitative estimate of drug-likeness (QED) is 0.257. The molecule has 0 bridgehead atoms. The minimum Gasteiger partial charge on any atom is -0.398 e. The summed E-state index contributed by atoms with van der Waals surface area (Å²) in [5, 5.41) is 3.11. The molecule has 0 rings (SSSR count). The van der Waals surface area contributed by atoms with Gasteiger partial charge in [-0.05, 0) is 31.9 Å². The van der Waals surface area contributed by atoms with Crippen molar-refractivity contribution in [3.05, 3.63) is 22.9 Å². The number of hydrogen-bond acceptors (Lipinski definition) is 5. The van der Waals surface area contributed by atoms with Crippen LogP contribution in [-0.2, 0) is 4.79 Å². The zero-order valence-electron chi connectivity index (χ0n) is 11.4. The summed E-state index contributed by atoms with van der Waals surface area (Å²) in [6.07, 6.45) is 5.11. The summed E-state index contributed by atoms with van der Waals surface area (Å²) in [7, 11) is 0. The van der Waals surface area contributed by atoms with Gasteiger partial charge in [-0.25, -0.2) is 0 Å². The minimum absolute atomic E-state index is 0.171. The van der Waals surface area contributed by atoms with Gasteiger partial charge in [0.05, 0.1) is 6.54 Å². The molecule has 0 aromatic carbocycles. The molecule has 0 saturated carbocycles. The first kappa shape index (κ1) is 16.5. The Bertz CT molecular complexity index is 345. The fraction of sp³-hybridized carbons (Fsp3) is 0.538. The summed E-state index contributed by atoms with van der Waals surface area (Å²) >= 11 is 0. The van der Waals surface area contributed by atoms with E-state index in [2.05, 4.69) is 10.3 Å². The molecule has 5 N–H and O–H groups in total. The highest BCUT2D eigenvalue weighted by molar-refractivity contribution is 5.81. The minimum atomic E-state index is 0.171. The number of aldehydes is 1. The first-order chi connectivity index (χ1) is 8.56. The summed E-state index contributed by atoms with van der Waals surface area (Å²) < 4.78 is 0. The number of allylic oxidation sites excluding steroid dienone is 2. The number of rotatable bonds is 8. The highest BCUT2D eigenvalue weighted by Crippen LogP contribution is 2.08. The maximum absolute atomic E-state index is 10.2. The highest BCUT2D eigenvalue weighted by atomic mass is 16.1. The molecule has 0 heterocycles. The van der Waals surface area contributed by atoms with Crippen LogP contribution in [0.4, 0.5) is 0 Å². The second-order valence-electron chi connectivity index (χ2n) is 4.01. The largest absolute Gasteiger partial charge is 0.398 e. The van der Waals surface area contributed by atoms with Gasteiger partial charge in [0.25, 0.3) is 0 Å². The summed E-state index contributed by atoms with van der Waals surface area (Å²) in [6, 6.07) is 0.179. The molecule has 1 atom stereocenters. The van der Waals surface area contributed by atoms with E-state index in [4.69, 9.17) is 11.5 Å². The van der Waals surface area contributed by atoms with Crippen LogP contribution in [0.1, 0.15) is 27.2 Å². The molecule has 5 heteroatoms. The van der Waals surface area contributed by atoms with Crippen LogP contribution in [0, 0.1) is 0 Å². The lowest BCUT2D eigenvalue weighted by Gasteiger charge is -2.13. The van der Waals surface area contributed by atoms with Gasteiger partial charge in [-0.3, -0.25) is 10.3 Å². The number of nitrogens with two attached hydrogens (primary N) is 2. The highest BCUT2D eigenvalue weighted by Gasteiger charge is 2.03. The summed E-state index contributed by atoms with van der Waals surface area (Å²) in [5.74, 6) is 0. The zero-order valence-corrected chi connectivity index (χ0v) is 11.4. The molecular weight excluding hydrogens is 228 g/mol. The van der Waals surface area contributed by atoms with Gasteiger partial charge in [0.2, 0.25) is 0 Å². The van der Waals surface area contributed by atoms with E-state index in [9.17, 15) is 4.79 Å². The maximum atomic E-state index is 10.2. The molecule has 0 aliphatic heterocycles. The van der Waals surface area contributed by atoms with Gasteiger partial charge < -0.3 is 16.3 Å². The number of hydrogen-bond donors (Lipinski definition) is 3. The standard InChI is InChI=1S/C13H24N4O/c1-4-12(8-16-5-6-18)13(15)7-10(2)11(3)17-9-14/h6-8,11,17H,4-5,9,14-15H2,1-3H3/b10-7-,13-12?,16-8?. The molecular formula is C13H24N4O. The van der Waals surface area contributed by atoms with Gasteiger partial charge in [0.15, 0.2) is 0 Å². The van der Waals surface area contributed by atoms with Crippen molar-refractivity contribution < 1.29 is 4.79 Å².